The number of phenols is 1. The van der Waals surface area contributed by atoms with Crippen LogP contribution in [0, 0.1) is 12.3 Å². The first-order valence-electron chi connectivity index (χ1n) is 20.8. The summed E-state index contributed by atoms with van der Waals surface area (Å²) in [7, 11) is 0. The summed E-state index contributed by atoms with van der Waals surface area (Å²) in [4.78, 5) is 53.4. The Morgan fingerprint density at radius 1 is 1.02 bits per heavy atom. The largest absolute Gasteiger partial charge is 0.507 e. The molecular weight excluding hydrogens is 765 g/mol. The molecule has 0 saturated carbocycles. The third kappa shape index (κ3) is 10.00. The SMILES string of the molecule is Cc1ncsc1-c1ccc(CNC(=O)[C@@H]2C[C@@H](O)CN2C(=O)[C@@H](NC(=O)CCCCCN2CCC(c3c[nH]c4nnc(-c5ccccc5O)cc34)CC2)C(C)(C)C)cc1. The molecule has 3 aromatic heterocycles. The fraction of sp³-hybridized carbons (Fsp3) is 0.467. The van der Waals surface area contributed by atoms with Crippen LogP contribution in [0.3, 0.4) is 0 Å². The predicted octanol–water partition coefficient (Wildman–Crippen LogP) is 6.31. The van der Waals surface area contributed by atoms with Gasteiger partial charge in [0, 0.05) is 43.1 Å². The molecule has 0 spiro atoms. The molecule has 2 aliphatic rings. The van der Waals surface area contributed by atoms with Crippen molar-refractivity contribution in [2.75, 3.05) is 26.2 Å². The molecule has 0 bridgehead atoms. The van der Waals surface area contributed by atoms with Crippen LogP contribution in [0.25, 0.3) is 32.7 Å². The van der Waals surface area contributed by atoms with E-state index in [1.54, 1.807) is 23.5 Å². The normalized spacial score (nSPS) is 18.3. The summed E-state index contributed by atoms with van der Waals surface area (Å²) in [6.45, 7) is 11.0. The van der Waals surface area contributed by atoms with E-state index in [0.29, 0.717) is 30.0 Å². The maximum atomic E-state index is 14.0. The Bertz CT molecular complexity index is 2240. The number of likely N-dealkylation sites (tertiary alicyclic amines) is 2. The molecule has 5 heterocycles. The van der Waals surface area contributed by atoms with Gasteiger partial charge in [-0.1, -0.05) is 63.6 Å². The van der Waals surface area contributed by atoms with Crippen molar-refractivity contribution >= 4 is 40.1 Å². The van der Waals surface area contributed by atoms with E-state index in [0.717, 1.165) is 78.0 Å². The number of rotatable bonds is 14. The first-order valence-corrected chi connectivity index (χ1v) is 21.6. The minimum atomic E-state index is -0.846. The molecule has 5 N–H and O–H groups in total. The van der Waals surface area contributed by atoms with Crippen molar-refractivity contribution in [1.29, 1.82) is 0 Å². The zero-order valence-electron chi connectivity index (χ0n) is 34.4. The number of benzene rings is 2. The van der Waals surface area contributed by atoms with Gasteiger partial charge in [0.05, 0.1) is 27.9 Å². The van der Waals surface area contributed by atoms with Crippen molar-refractivity contribution in [1.82, 2.24) is 40.6 Å². The Morgan fingerprint density at radius 3 is 2.49 bits per heavy atom. The number of β-amino-alcohol motifs (C(OH)–C–C–N with tert-alkyl or cyclic N) is 1. The number of unbranched alkanes of at least 4 members (excludes halogenated alkanes) is 2. The summed E-state index contributed by atoms with van der Waals surface area (Å²) in [6.07, 6.45) is 6.32. The third-order valence-corrected chi connectivity index (χ3v) is 12.7. The van der Waals surface area contributed by atoms with E-state index in [1.807, 2.05) is 81.9 Å². The number of piperidine rings is 1. The molecule has 0 radical (unpaired) electrons. The molecule has 14 heteroatoms. The Balaban J connectivity index is 0.847. The van der Waals surface area contributed by atoms with Gasteiger partial charge in [-0.25, -0.2) is 4.98 Å². The number of aryl methyl sites for hydroxylation is 1. The maximum Gasteiger partial charge on any atom is 0.246 e. The highest BCUT2D eigenvalue weighted by Gasteiger charge is 2.44. The fourth-order valence-electron chi connectivity index (χ4n) is 8.38. The average Bonchev–Trinajstić information content (AvgIpc) is 3.96. The average molecular weight is 821 g/mol. The van der Waals surface area contributed by atoms with Gasteiger partial charge in [0.25, 0.3) is 0 Å². The van der Waals surface area contributed by atoms with Gasteiger partial charge in [-0.05, 0) is 98.5 Å². The number of aromatic hydroxyl groups is 1. The Morgan fingerprint density at radius 2 is 1.78 bits per heavy atom. The number of carbonyl (C=O) groups is 3. The maximum absolute atomic E-state index is 14.0. The van der Waals surface area contributed by atoms with Crippen molar-refractivity contribution in [2.45, 2.75) is 103 Å². The lowest BCUT2D eigenvalue weighted by molar-refractivity contribution is -0.144. The number of nitrogens with zero attached hydrogens (tertiary/aromatic N) is 5. The van der Waals surface area contributed by atoms with Crippen LogP contribution in [0.15, 0.2) is 66.3 Å². The Labute approximate surface area is 349 Å². The van der Waals surface area contributed by atoms with E-state index < -0.39 is 23.6 Å². The molecule has 2 fully saturated rings. The molecule has 2 saturated heterocycles. The fourth-order valence-corrected chi connectivity index (χ4v) is 9.19. The molecule has 3 amide bonds. The van der Waals surface area contributed by atoms with Crippen LogP contribution in [0.4, 0.5) is 0 Å². The molecule has 13 nitrogen and oxygen atoms in total. The molecule has 7 rings (SSSR count). The molecule has 59 heavy (non-hydrogen) atoms. The lowest BCUT2D eigenvalue weighted by Gasteiger charge is -2.35. The van der Waals surface area contributed by atoms with E-state index in [-0.39, 0.29) is 43.0 Å². The second-order valence-electron chi connectivity index (χ2n) is 17.1. The van der Waals surface area contributed by atoms with Gasteiger partial charge in [-0.15, -0.1) is 21.5 Å². The van der Waals surface area contributed by atoms with Crippen molar-refractivity contribution in [3.8, 4) is 27.4 Å². The number of amides is 3. The van der Waals surface area contributed by atoms with Crippen molar-refractivity contribution in [3.63, 3.8) is 0 Å². The summed E-state index contributed by atoms with van der Waals surface area (Å²) >= 11 is 1.59. The number of hydrogen-bond donors (Lipinski definition) is 5. The molecule has 2 aromatic carbocycles. The van der Waals surface area contributed by atoms with Gasteiger partial charge in [-0.3, -0.25) is 14.4 Å². The lowest BCUT2D eigenvalue weighted by Crippen LogP contribution is -2.57. The minimum Gasteiger partial charge on any atom is -0.507 e. The van der Waals surface area contributed by atoms with E-state index in [4.69, 9.17) is 0 Å². The van der Waals surface area contributed by atoms with Crippen molar-refractivity contribution in [2.24, 2.45) is 5.41 Å². The summed E-state index contributed by atoms with van der Waals surface area (Å²) in [5, 5.41) is 36.7. The number of aliphatic hydroxyl groups is 1. The molecule has 2 aliphatic heterocycles. The highest BCUT2D eigenvalue weighted by molar-refractivity contribution is 7.13. The van der Waals surface area contributed by atoms with Gasteiger partial charge in [-0.2, -0.15) is 0 Å². The molecular formula is C45H56N8O5S. The molecule has 312 valence electrons. The number of phenolic OH excluding ortho intramolecular Hbond substituents is 1. The number of thiazole rings is 1. The highest BCUT2D eigenvalue weighted by Crippen LogP contribution is 2.35. The van der Waals surface area contributed by atoms with Crippen LogP contribution in [0.1, 0.15) is 88.5 Å². The van der Waals surface area contributed by atoms with Crippen LogP contribution in [-0.4, -0.2) is 102 Å². The number of hydrogen-bond acceptors (Lipinski definition) is 10. The quantitative estimate of drug-likeness (QED) is 0.0804. The Hall–Kier alpha value is -5.18. The van der Waals surface area contributed by atoms with Gasteiger partial charge in [0.2, 0.25) is 17.7 Å². The van der Waals surface area contributed by atoms with Crippen LogP contribution >= 0.6 is 11.3 Å². The molecule has 3 atom stereocenters. The highest BCUT2D eigenvalue weighted by atomic mass is 32.1. The molecule has 0 unspecified atom stereocenters. The summed E-state index contributed by atoms with van der Waals surface area (Å²) < 4.78 is 0. The van der Waals surface area contributed by atoms with Crippen LogP contribution in [0.5, 0.6) is 5.75 Å². The number of H-pyrrole nitrogens is 1. The third-order valence-electron chi connectivity index (χ3n) is 11.8. The van der Waals surface area contributed by atoms with E-state index in [1.165, 1.54) is 10.5 Å². The van der Waals surface area contributed by atoms with Gasteiger partial charge in [0.15, 0.2) is 5.65 Å². The number of aromatic amines is 1. The second-order valence-corrected chi connectivity index (χ2v) is 18.0. The number of para-hydroxylation sites is 1. The van der Waals surface area contributed by atoms with Crippen LogP contribution in [-0.2, 0) is 20.9 Å². The Kier molecular flexibility index (Phi) is 13.1. The lowest BCUT2D eigenvalue weighted by atomic mass is 9.85. The van der Waals surface area contributed by atoms with Crippen LogP contribution in [0.2, 0.25) is 0 Å². The van der Waals surface area contributed by atoms with Crippen molar-refractivity contribution in [3.05, 3.63) is 83.1 Å². The second kappa shape index (κ2) is 18.4. The summed E-state index contributed by atoms with van der Waals surface area (Å²) in [6, 6.07) is 15.5. The molecule has 5 aromatic rings. The summed E-state index contributed by atoms with van der Waals surface area (Å²) in [5.41, 5.74) is 7.49. The number of fused-ring (bicyclic) bond motifs is 1. The van der Waals surface area contributed by atoms with Gasteiger partial charge < -0.3 is 35.6 Å². The molecule has 0 aliphatic carbocycles. The summed E-state index contributed by atoms with van der Waals surface area (Å²) in [5.74, 6) is -0.283. The minimum absolute atomic E-state index is 0.0383. The van der Waals surface area contributed by atoms with Crippen molar-refractivity contribution < 1.29 is 24.6 Å². The monoisotopic (exact) mass is 820 g/mol. The number of aliphatic hydroxyl groups excluding tert-OH is 1. The zero-order valence-corrected chi connectivity index (χ0v) is 35.2. The van der Waals surface area contributed by atoms with E-state index >= 15 is 0 Å². The first kappa shape index (κ1) is 42.0. The standard InChI is InChI=1S/C45H56N8O5S/c1-28-40(59-27-48-28)31-15-13-29(14-16-31)24-47-43(57)37-22-32(54)26-53(37)44(58)41(45(2,3)4)49-39(56)12-6-5-9-19-52-20-17-30(18-21-52)35-25-46-42-34(35)23-36(50-51-42)33-10-7-8-11-38(33)55/h7-8,10-11,13-16,23,25,27,30,32,37,41,54-55H,5-6,9,12,17-22,24,26H2,1-4H3,(H,46,51)(H,47,57)(H,49,56)/t32-,37+,41-/m1/s1. The zero-order chi connectivity index (χ0) is 41.7. The first-order chi connectivity index (χ1) is 28.4. The van der Waals surface area contributed by atoms with Crippen LogP contribution < -0.4 is 10.6 Å². The van der Waals surface area contributed by atoms with Gasteiger partial charge in [0.1, 0.15) is 17.8 Å². The predicted molar refractivity (Wildman–Crippen MR) is 230 cm³/mol. The smallest absolute Gasteiger partial charge is 0.246 e. The van der Waals surface area contributed by atoms with E-state index in [9.17, 15) is 24.6 Å². The van der Waals surface area contributed by atoms with Gasteiger partial charge >= 0.3 is 0 Å². The van der Waals surface area contributed by atoms with E-state index in [2.05, 4.69) is 35.7 Å². The number of carbonyl (C=O) groups excluding carboxylic acids is 3. The number of aromatic nitrogens is 4. The topological polar surface area (TPSA) is 177 Å². The number of nitrogens with one attached hydrogen (secondary N) is 3.